The lowest BCUT2D eigenvalue weighted by Crippen LogP contribution is -2.23. The van der Waals surface area contributed by atoms with Crippen molar-refractivity contribution >= 4 is 5.97 Å². The molecule has 22 heavy (non-hydrogen) atoms. The maximum absolute atomic E-state index is 12.3. The van der Waals surface area contributed by atoms with Crippen molar-refractivity contribution in [2.75, 3.05) is 13.7 Å². The highest BCUT2D eigenvalue weighted by molar-refractivity contribution is 5.89. The van der Waals surface area contributed by atoms with E-state index >= 15 is 0 Å². The SMILES string of the molecule is CCCCCCC(COC)OC(=O)c1cccc(CCC)c1. The van der Waals surface area contributed by atoms with Gasteiger partial charge in [0.15, 0.2) is 0 Å². The summed E-state index contributed by atoms with van der Waals surface area (Å²) in [4.78, 5) is 12.3. The van der Waals surface area contributed by atoms with Crippen LogP contribution in [0.25, 0.3) is 0 Å². The molecule has 1 unspecified atom stereocenters. The van der Waals surface area contributed by atoms with E-state index in [9.17, 15) is 4.79 Å². The first-order chi connectivity index (χ1) is 10.7. The number of carbonyl (C=O) groups is 1. The monoisotopic (exact) mass is 306 g/mol. The van der Waals surface area contributed by atoms with Gasteiger partial charge in [0.05, 0.1) is 12.2 Å². The van der Waals surface area contributed by atoms with Crippen molar-refractivity contribution in [3.05, 3.63) is 35.4 Å². The molecule has 0 spiro atoms. The second-order valence-electron chi connectivity index (χ2n) is 5.78. The Morgan fingerprint density at radius 3 is 2.64 bits per heavy atom. The van der Waals surface area contributed by atoms with Crippen molar-refractivity contribution in [1.82, 2.24) is 0 Å². The fourth-order valence-corrected chi connectivity index (χ4v) is 2.52. The Hall–Kier alpha value is -1.35. The summed E-state index contributed by atoms with van der Waals surface area (Å²) in [5.74, 6) is -0.240. The maximum atomic E-state index is 12.3. The van der Waals surface area contributed by atoms with E-state index in [1.807, 2.05) is 18.2 Å². The Morgan fingerprint density at radius 1 is 1.14 bits per heavy atom. The van der Waals surface area contributed by atoms with Gasteiger partial charge in [-0.1, -0.05) is 51.7 Å². The molecule has 0 aliphatic heterocycles. The second kappa shape index (κ2) is 11.2. The van der Waals surface area contributed by atoms with E-state index in [-0.39, 0.29) is 12.1 Å². The fraction of sp³-hybridized carbons (Fsp3) is 0.632. The first-order valence-electron chi connectivity index (χ1n) is 8.50. The Morgan fingerprint density at radius 2 is 1.95 bits per heavy atom. The molecule has 0 aliphatic rings. The summed E-state index contributed by atoms with van der Waals surface area (Å²) in [5, 5.41) is 0. The number of hydrogen-bond donors (Lipinski definition) is 0. The van der Waals surface area contributed by atoms with E-state index < -0.39 is 0 Å². The lowest BCUT2D eigenvalue weighted by molar-refractivity contribution is 0.00237. The van der Waals surface area contributed by atoms with Crippen LogP contribution in [-0.2, 0) is 15.9 Å². The number of benzene rings is 1. The molecule has 3 nitrogen and oxygen atoms in total. The van der Waals surface area contributed by atoms with Gasteiger partial charge in [-0.05, 0) is 37.0 Å². The van der Waals surface area contributed by atoms with Crippen LogP contribution in [0.5, 0.6) is 0 Å². The van der Waals surface area contributed by atoms with Crippen LogP contribution < -0.4 is 0 Å². The summed E-state index contributed by atoms with van der Waals surface area (Å²) >= 11 is 0. The Labute approximate surface area is 135 Å². The first kappa shape index (κ1) is 18.7. The van der Waals surface area contributed by atoms with E-state index in [1.165, 1.54) is 24.8 Å². The fourth-order valence-electron chi connectivity index (χ4n) is 2.52. The molecule has 1 rings (SSSR count). The third-order valence-electron chi connectivity index (χ3n) is 3.71. The largest absolute Gasteiger partial charge is 0.456 e. The molecule has 0 amide bonds. The molecule has 0 fully saturated rings. The van der Waals surface area contributed by atoms with E-state index in [2.05, 4.69) is 19.9 Å². The van der Waals surface area contributed by atoms with Gasteiger partial charge in [0.2, 0.25) is 0 Å². The van der Waals surface area contributed by atoms with Gasteiger partial charge in [0.25, 0.3) is 0 Å². The van der Waals surface area contributed by atoms with Gasteiger partial charge in [0, 0.05) is 7.11 Å². The number of esters is 1. The molecule has 1 aromatic rings. The van der Waals surface area contributed by atoms with Crippen LogP contribution in [0, 0.1) is 0 Å². The van der Waals surface area contributed by atoms with Crippen molar-refractivity contribution in [3.8, 4) is 0 Å². The van der Waals surface area contributed by atoms with Crippen molar-refractivity contribution < 1.29 is 14.3 Å². The number of carbonyl (C=O) groups excluding carboxylic acids is 1. The van der Waals surface area contributed by atoms with Crippen molar-refractivity contribution in [2.24, 2.45) is 0 Å². The third kappa shape index (κ3) is 7.08. The molecule has 0 saturated carbocycles. The molecule has 1 aromatic carbocycles. The smallest absolute Gasteiger partial charge is 0.338 e. The molecule has 0 heterocycles. The first-order valence-corrected chi connectivity index (χ1v) is 8.50. The summed E-state index contributed by atoms with van der Waals surface area (Å²) in [7, 11) is 1.65. The molecule has 0 aliphatic carbocycles. The maximum Gasteiger partial charge on any atom is 0.338 e. The molecule has 0 N–H and O–H groups in total. The molecule has 0 bridgehead atoms. The zero-order chi connectivity index (χ0) is 16.2. The van der Waals surface area contributed by atoms with Crippen LogP contribution in [0.2, 0.25) is 0 Å². The predicted octanol–water partition coefficient (Wildman–Crippen LogP) is 4.78. The van der Waals surface area contributed by atoms with Gasteiger partial charge in [-0.25, -0.2) is 4.79 Å². The zero-order valence-corrected chi connectivity index (χ0v) is 14.3. The Balaban J connectivity index is 2.56. The normalized spacial score (nSPS) is 12.1. The van der Waals surface area contributed by atoms with Crippen LogP contribution >= 0.6 is 0 Å². The van der Waals surface area contributed by atoms with Gasteiger partial charge >= 0.3 is 5.97 Å². The average molecular weight is 306 g/mol. The summed E-state index contributed by atoms with van der Waals surface area (Å²) in [6.45, 7) is 4.79. The minimum Gasteiger partial charge on any atom is -0.456 e. The lowest BCUT2D eigenvalue weighted by atomic mass is 10.1. The van der Waals surface area contributed by atoms with E-state index in [0.717, 1.165) is 25.7 Å². The van der Waals surface area contributed by atoms with Gasteiger partial charge < -0.3 is 9.47 Å². The summed E-state index contributed by atoms with van der Waals surface area (Å²) in [6.07, 6.45) is 7.47. The van der Waals surface area contributed by atoms with Crippen LogP contribution in [0.15, 0.2) is 24.3 Å². The van der Waals surface area contributed by atoms with Crippen LogP contribution in [0.3, 0.4) is 0 Å². The van der Waals surface area contributed by atoms with Gasteiger partial charge in [0.1, 0.15) is 6.10 Å². The highest BCUT2D eigenvalue weighted by Gasteiger charge is 2.16. The molecule has 1 atom stereocenters. The minimum absolute atomic E-state index is 0.149. The molecule has 0 saturated heterocycles. The van der Waals surface area contributed by atoms with E-state index in [1.54, 1.807) is 7.11 Å². The molecular formula is C19H30O3. The van der Waals surface area contributed by atoms with Crippen LogP contribution in [0.1, 0.15) is 68.3 Å². The number of rotatable bonds is 11. The van der Waals surface area contributed by atoms with E-state index in [0.29, 0.717) is 12.2 Å². The predicted molar refractivity (Wildman–Crippen MR) is 90.3 cm³/mol. The standard InChI is InChI=1S/C19H30O3/c1-4-6-7-8-13-18(15-21-3)22-19(20)17-12-9-11-16(14-17)10-5-2/h9,11-12,14,18H,4-8,10,13,15H2,1-3H3. The highest BCUT2D eigenvalue weighted by Crippen LogP contribution is 2.13. The zero-order valence-electron chi connectivity index (χ0n) is 14.3. The van der Waals surface area contributed by atoms with E-state index in [4.69, 9.17) is 9.47 Å². The number of methoxy groups -OCH3 is 1. The van der Waals surface area contributed by atoms with Crippen molar-refractivity contribution in [2.45, 2.75) is 64.9 Å². The average Bonchev–Trinajstić information content (AvgIpc) is 2.52. The Bertz CT molecular complexity index is 428. The van der Waals surface area contributed by atoms with Crippen molar-refractivity contribution in [1.29, 1.82) is 0 Å². The third-order valence-corrected chi connectivity index (χ3v) is 3.71. The molecule has 3 heteroatoms. The van der Waals surface area contributed by atoms with Gasteiger partial charge in [-0.15, -0.1) is 0 Å². The lowest BCUT2D eigenvalue weighted by Gasteiger charge is -2.17. The van der Waals surface area contributed by atoms with Crippen molar-refractivity contribution in [3.63, 3.8) is 0 Å². The van der Waals surface area contributed by atoms with Crippen LogP contribution in [0.4, 0.5) is 0 Å². The highest BCUT2D eigenvalue weighted by atomic mass is 16.6. The number of ether oxygens (including phenoxy) is 2. The molecular weight excluding hydrogens is 276 g/mol. The second-order valence-corrected chi connectivity index (χ2v) is 5.78. The van der Waals surface area contributed by atoms with Gasteiger partial charge in [-0.2, -0.15) is 0 Å². The topological polar surface area (TPSA) is 35.5 Å². The molecule has 0 radical (unpaired) electrons. The number of hydrogen-bond acceptors (Lipinski definition) is 3. The summed E-state index contributed by atoms with van der Waals surface area (Å²) in [6, 6.07) is 7.74. The van der Waals surface area contributed by atoms with Crippen LogP contribution in [-0.4, -0.2) is 25.8 Å². The number of aryl methyl sites for hydroxylation is 1. The van der Waals surface area contributed by atoms with Gasteiger partial charge in [-0.3, -0.25) is 0 Å². The Kier molecular flexibility index (Phi) is 9.56. The molecule has 124 valence electrons. The summed E-state index contributed by atoms with van der Waals surface area (Å²) in [5.41, 5.74) is 1.82. The quantitative estimate of drug-likeness (QED) is 0.436. The number of unbranched alkanes of at least 4 members (excludes halogenated alkanes) is 3. The molecule has 0 aromatic heterocycles. The minimum atomic E-state index is -0.240. The summed E-state index contributed by atoms with van der Waals surface area (Å²) < 4.78 is 10.8.